The Morgan fingerprint density at radius 3 is 2.11 bits per heavy atom. The lowest BCUT2D eigenvalue weighted by Crippen LogP contribution is -2.39. The SMILES string of the molecule is CCCNC(=O)CCNC(=NC)NCc1cc(OC)c(OC)c(OC)c1.I. The molecule has 1 aromatic carbocycles. The molecule has 0 atom stereocenters. The first-order chi connectivity index (χ1) is 12.6. The standard InChI is InChI=1S/C18H30N4O4.HI/c1-6-8-20-16(23)7-9-21-18(19-2)22-12-13-10-14(24-3)17(26-5)15(11-13)25-4;/h10-11H,6-9,12H2,1-5H3,(H,20,23)(H2,19,21,22);1H. The summed E-state index contributed by atoms with van der Waals surface area (Å²) in [6.07, 6.45) is 1.32. The van der Waals surface area contributed by atoms with Crippen molar-refractivity contribution in [1.29, 1.82) is 0 Å². The van der Waals surface area contributed by atoms with Gasteiger partial charge in [0.05, 0.1) is 21.3 Å². The fraction of sp³-hybridized carbons (Fsp3) is 0.556. The summed E-state index contributed by atoms with van der Waals surface area (Å²) in [6.45, 7) is 3.74. The van der Waals surface area contributed by atoms with E-state index in [4.69, 9.17) is 14.2 Å². The number of ether oxygens (including phenoxy) is 3. The predicted molar refractivity (Wildman–Crippen MR) is 118 cm³/mol. The molecule has 0 spiro atoms. The molecule has 0 saturated heterocycles. The van der Waals surface area contributed by atoms with Crippen molar-refractivity contribution >= 4 is 35.8 Å². The molecule has 1 amide bonds. The number of guanidine groups is 1. The number of nitrogens with one attached hydrogen (secondary N) is 3. The molecule has 0 unspecified atom stereocenters. The molecule has 27 heavy (non-hydrogen) atoms. The largest absolute Gasteiger partial charge is 0.493 e. The third kappa shape index (κ3) is 8.55. The van der Waals surface area contributed by atoms with Crippen molar-refractivity contribution in [2.24, 2.45) is 4.99 Å². The van der Waals surface area contributed by atoms with Crippen LogP contribution < -0.4 is 30.2 Å². The van der Waals surface area contributed by atoms with E-state index in [1.807, 2.05) is 19.1 Å². The molecule has 0 aliphatic carbocycles. The van der Waals surface area contributed by atoms with Gasteiger partial charge in [-0.05, 0) is 24.1 Å². The Labute approximate surface area is 178 Å². The molecule has 8 nitrogen and oxygen atoms in total. The highest BCUT2D eigenvalue weighted by Crippen LogP contribution is 2.38. The van der Waals surface area contributed by atoms with Gasteiger partial charge in [-0.2, -0.15) is 0 Å². The fourth-order valence-corrected chi connectivity index (χ4v) is 2.29. The zero-order chi connectivity index (χ0) is 19.4. The number of aliphatic imine (C=N–C) groups is 1. The molecule has 1 rings (SSSR count). The van der Waals surface area contributed by atoms with Gasteiger partial charge < -0.3 is 30.2 Å². The predicted octanol–water partition coefficient (Wildman–Crippen LogP) is 1.91. The quantitative estimate of drug-likeness (QED) is 0.262. The van der Waals surface area contributed by atoms with Crippen molar-refractivity contribution < 1.29 is 19.0 Å². The summed E-state index contributed by atoms with van der Waals surface area (Å²) in [5.41, 5.74) is 0.947. The van der Waals surface area contributed by atoms with Gasteiger partial charge in [0, 0.05) is 33.1 Å². The van der Waals surface area contributed by atoms with Gasteiger partial charge in [0.15, 0.2) is 17.5 Å². The number of methoxy groups -OCH3 is 3. The number of amides is 1. The van der Waals surface area contributed by atoms with Crippen LogP contribution in [0.25, 0.3) is 0 Å². The van der Waals surface area contributed by atoms with Crippen LogP contribution in [0.15, 0.2) is 17.1 Å². The second-order valence-electron chi connectivity index (χ2n) is 5.49. The zero-order valence-electron chi connectivity index (χ0n) is 16.7. The van der Waals surface area contributed by atoms with Crippen LogP contribution >= 0.6 is 24.0 Å². The normalized spacial score (nSPS) is 10.5. The van der Waals surface area contributed by atoms with Crippen LogP contribution in [0.3, 0.4) is 0 Å². The van der Waals surface area contributed by atoms with Crippen molar-refractivity contribution in [2.75, 3.05) is 41.5 Å². The summed E-state index contributed by atoms with van der Waals surface area (Å²) in [5.74, 6) is 2.39. The highest BCUT2D eigenvalue weighted by molar-refractivity contribution is 14.0. The number of hydrogen-bond donors (Lipinski definition) is 3. The number of carbonyl (C=O) groups is 1. The van der Waals surface area contributed by atoms with E-state index in [9.17, 15) is 4.79 Å². The number of halogens is 1. The summed E-state index contributed by atoms with van der Waals surface area (Å²) < 4.78 is 16.0. The van der Waals surface area contributed by atoms with E-state index in [1.165, 1.54) is 0 Å². The fourth-order valence-electron chi connectivity index (χ4n) is 2.29. The van der Waals surface area contributed by atoms with Crippen LogP contribution in [0, 0.1) is 0 Å². The van der Waals surface area contributed by atoms with Crippen LogP contribution in [-0.4, -0.2) is 53.3 Å². The Bertz CT molecular complexity index is 586. The Kier molecular flexibility index (Phi) is 13.2. The number of benzene rings is 1. The highest BCUT2D eigenvalue weighted by Gasteiger charge is 2.13. The van der Waals surface area contributed by atoms with Crippen LogP contribution in [0.4, 0.5) is 0 Å². The van der Waals surface area contributed by atoms with E-state index in [0.717, 1.165) is 12.0 Å². The summed E-state index contributed by atoms with van der Waals surface area (Å²) in [7, 11) is 6.42. The maximum atomic E-state index is 11.6. The topological polar surface area (TPSA) is 93.2 Å². The maximum Gasteiger partial charge on any atom is 0.221 e. The average Bonchev–Trinajstić information content (AvgIpc) is 2.67. The van der Waals surface area contributed by atoms with Crippen molar-refractivity contribution in [2.45, 2.75) is 26.3 Å². The third-order valence-corrected chi connectivity index (χ3v) is 3.62. The lowest BCUT2D eigenvalue weighted by molar-refractivity contribution is -0.120. The molecular weight excluding hydrogens is 463 g/mol. The van der Waals surface area contributed by atoms with E-state index < -0.39 is 0 Å². The molecule has 0 aliphatic rings. The summed E-state index contributed by atoms with van der Waals surface area (Å²) in [4.78, 5) is 15.8. The molecule has 0 aliphatic heterocycles. The first-order valence-corrected chi connectivity index (χ1v) is 8.59. The molecule has 0 saturated carbocycles. The molecule has 0 aromatic heterocycles. The Morgan fingerprint density at radius 2 is 1.63 bits per heavy atom. The molecule has 154 valence electrons. The minimum absolute atomic E-state index is 0. The van der Waals surface area contributed by atoms with E-state index in [2.05, 4.69) is 20.9 Å². The molecule has 9 heteroatoms. The zero-order valence-corrected chi connectivity index (χ0v) is 19.0. The van der Waals surface area contributed by atoms with Crippen molar-refractivity contribution in [1.82, 2.24) is 16.0 Å². The monoisotopic (exact) mass is 494 g/mol. The van der Waals surface area contributed by atoms with E-state index in [1.54, 1.807) is 28.4 Å². The first kappa shape index (κ1) is 25.1. The van der Waals surface area contributed by atoms with E-state index in [0.29, 0.717) is 49.3 Å². The van der Waals surface area contributed by atoms with Gasteiger partial charge in [-0.25, -0.2) is 0 Å². The minimum Gasteiger partial charge on any atom is -0.493 e. The van der Waals surface area contributed by atoms with Gasteiger partial charge in [0.25, 0.3) is 0 Å². The molecule has 3 N–H and O–H groups in total. The lowest BCUT2D eigenvalue weighted by atomic mass is 10.2. The molecule has 0 bridgehead atoms. The van der Waals surface area contributed by atoms with E-state index in [-0.39, 0.29) is 29.9 Å². The van der Waals surface area contributed by atoms with Crippen LogP contribution in [0.5, 0.6) is 17.2 Å². The summed E-state index contributed by atoms with van der Waals surface area (Å²) >= 11 is 0. The number of hydrogen-bond acceptors (Lipinski definition) is 5. The highest BCUT2D eigenvalue weighted by atomic mass is 127. The van der Waals surface area contributed by atoms with E-state index >= 15 is 0 Å². The van der Waals surface area contributed by atoms with Crippen LogP contribution in [0.2, 0.25) is 0 Å². The Morgan fingerprint density at radius 1 is 1.00 bits per heavy atom. The molecular formula is C18H31IN4O4. The molecule has 0 fully saturated rings. The second-order valence-corrected chi connectivity index (χ2v) is 5.49. The molecule has 0 heterocycles. The molecule has 0 radical (unpaired) electrons. The first-order valence-electron chi connectivity index (χ1n) is 8.59. The van der Waals surface area contributed by atoms with Gasteiger partial charge in [0.1, 0.15) is 0 Å². The summed E-state index contributed by atoms with van der Waals surface area (Å²) in [5, 5.41) is 9.15. The lowest BCUT2D eigenvalue weighted by Gasteiger charge is -2.16. The number of nitrogens with zero attached hydrogens (tertiary/aromatic N) is 1. The minimum atomic E-state index is 0. The van der Waals surface area contributed by atoms with Gasteiger partial charge >= 0.3 is 0 Å². The number of rotatable bonds is 10. The van der Waals surface area contributed by atoms with Crippen molar-refractivity contribution in [3.8, 4) is 17.2 Å². The van der Waals surface area contributed by atoms with Gasteiger partial charge in [0.2, 0.25) is 11.7 Å². The second kappa shape index (κ2) is 14.2. The Hall–Kier alpha value is -1.91. The number of carbonyl (C=O) groups excluding carboxylic acids is 1. The average molecular weight is 494 g/mol. The summed E-state index contributed by atoms with van der Waals surface area (Å²) in [6, 6.07) is 3.75. The smallest absolute Gasteiger partial charge is 0.221 e. The van der Waals surface area contributed by atoms with Crippen LogP contribution in [0.1, 0.15) is 25.3 Å². The van der Waals surface area contributed by atoms with Crippen molar-refractivity contribution in [3.05, 3.63) is 17.7 Å². The van der Waals surface area contributed by atoms with Crippen LogP contribution in [-0.2, 0) is 11.3 Å². The molecule has 1 aromatic rings. The Balaban J connectivity index is 0.00000676. The van der Waals surface area contributed by atoms with Crippen molar-refractivity contribution in [3.63, 3.8) is 0 Å². The van der Waals surface area contributed by atoms with Gasteiger partial charge in [-0.15, -0.1) is 24.0 Å². The third-order valence-electron chi connectivity index (χ3n) is 3.62. The van der Waals surface area contributed by atoms with Gasteiger partial charge in [-0.3, -0.25) is 9.79 Å². The van der Waals surface area contributed by atoms with Gasteiger partial charge in [-0.1, -0.05) is 6.92 Å². The maximum absolute atomic E-state index is 11.6.